The SMILES string of the molecule is CCOC(=O)C(C)Oc1ccccc1.Oc1ccccc1. The molecule has 4 nitrogen and oxygen atoms in total. The van der Waals surface area contributed by atoms with Gasteiger partial charge < -0.3 is 14.6 Å². The van der Waals surface area contributed by atoms with Crippen LogP contribution in [0.4, 0.5) is 0 Å². The number of phenols is 1. The highest BCUT2D eigenvalue weighted by Gasteiger charge is 2.14. The average Bonchev–Trinajstić information content (AvgIpc) is 2.50. The quantitative estimate of drug-likeness (QED) is 0.876. The second-order valence-corrected chi connectivity index (χ2v) is 4.16. The Bertz CT molecular complexity index is 511. The normalized spacial score (nSPS) is 10.8. The Morgan fingerprint density at radius 2 is 1.57 bits per heavy atom. The van der Waals surface area contributed by atoms with Crippen molar-refractivity contribution >= 4 is 5.97 Å². The first kappa shape index (κ1) is 16.6. The van der Waals surface area contributed by atoms with E-state index in [0.29, 0.717) is 18.1 Å². The van der Waals surface area contributed by atoms with Gasteiger partial charge in [0.2, 0.25) is 0 Å². The van der Waals surface area contributed by atoms with E-state index >= 15 is 0 Å². The second-order valence-electron chi connectivity index (χ2n) is 4.16. The largest absolute Gasteiger partial charge is 0.508 e. The lowest BCUT2D eigenvalue weighted by Gasteiger charge is -2.12. The summed E-state index contributed by atoms with van der Waals surface area (Å²) >= 11 is 0. The Hall–Kier alpha value is -2.49. The molecule has 2 aromatic carbocycles. The van der Waals surface area contributed by atoms with E-state index in [4.69, 9.17) is 14.6 Å². The molecule has 0 heterocycles. The van der Waals surface area contributed by atoms with Crippen molar-refractivity contribution in [2.75, 3.05) is 6.61 Å². The molecular weight excluding hydrogens is 268 g/mol. The lowest BCUT2D eigenvalue weighted by atomic mass is 10.3. The monoisotopic (exact) mass is 288 g/mol. The molecule has 0 aromatic heterocycles. The zero-order valence-corrected chi connectivity index (χ0v) is 12.2. The van der Waals surface area contributed by atoms with Crippen molar-refractivity contribution in [2.24, 2.45) is 0 Å². The molecule has 4 heteroatoms. The Morgan fingerprint density at radius 3 is 2.00 bits per heavy atom. The van der Waals surface area contributed by atoms with Crippen molar-refractivity contribution in [2.45, 2.75) is 20.0 Å². The zero-order valence-electron chi connectivity index (χ0n) is 12.2. The Kier molecular flexibility index (Phi) is 7.43. The van der Waals surface area contributed by atoms with Crippen molar-refractivity contribution in [3.8, 4) is 11.5 Å². The Labute approximate surface area is 125 Å². The van der Waals surface area contributed by atoms with Crippen LogP contribution in [-0.2, 0) is 9.53 Å². The molecule has 2 aromatic rings. The van der Waals surface area contributed by atoms with Crippen molar-refractivity contribution in [3.63, 3.8) is 0 Å². The van der Waals surface area contributed by atoms with Gasteiger partial charge in [-0.05, 0) is 38.1 Å². The van der Waals surface area contributed by atoms with Crippen LogP contribution in [0.3, 0.4) is 0 Å². The number of carbonyl (C=O) groups is 1. The molecule has 112 valence electrons. The molecule has 2 rings (SSSR count). The number of ether oxygens (including phenoxy) is 2. The minimum atomic E-state index is -0.558. The van der Waals surface area contributed by atoms with E-state index in [-0.39, 0.29) is 5.97 Å². The molecule has 0 aliphatic heterocycles. The number of carbonyl (C=O) groups excluding carboxylic acids is 1. The molecule has 0 aliphatic rings. The van der Waals surface area contributed by atoms with E-state index in [2.05, 4.69) is 0 Å². The van der Waals surface area contributed by atoms with Gasteiger partial charge in [0.05, 0.1) is 6.61 Å². The molecule has 1 N–H and O–H groups in total. The maximum Gasteiger partial charge on any atom is 0.347 e. The van der Waals surface area contributed by atoms with Crippen LogP contribution in [0.2, 0.25) is 0 Å². The first-order valence-electron chi connectivity index (χ1n) is 6.75. The van der Waals surface area contributed by atoms with Crippen LogP contribution in [0.5, 0.6) is 11.5 Å². The zero-order chi connectivity index (χ0) is 15.5. The van der Waals surface area contributed by atoms with Crippen molar-refractivity contribution in [1.82, 2.24) is 0 Å². The van der Waals surface area contributed by atoms with E-state index in [1.807, 2.05) is 24.3 Å². The minimum Gasteiger partial charge on any atom is -0.508 e. The van der Waals surface area contributed by atoms with Gasteiger partial charge in [0.1, 0.15) is 11.5 Å². The fourth-order valence-electron chi connectivity index (χ4n) is 1.44. The van der Waals surface area contributed by atoms with Gasteiger partial charge >= 0.3 is 5.97 Å². The molecule has 1 atom stereocenters. The number of benzene rings is 2. The average molecular weight is 288 g/mol. The number of esters is 1. The van der Waals surface area contributed by atoms with Crippen LogP contribution in [0.25, 0.3) is 0 Å². The van der Waals surface area contributed by atoms with Gasteiger partial charge in [-0.3, -0.25) is 0 Å². The van der Waals surface area contributed by atoms with E-state index < -0.39 is 6.10 Å². The van der Waals surface area contributed by atoms with Crippen molar-refractivity contribution < 1.29 is 19.4 Å². The second kappa shape index (κ2) is 9.42. The highest BCUT2D eigenvalue weighted by atomic mass is 16.6. The molecular formula is C17H20O4. The van der Waals surface area contributed by atoms with Crippen molar-refractivity contribution in [1.29, 1.82) is 0 Å². The molecule has 21 heavy (non-hydrogen) atoms. The number of phenolic OH excluding ortho intramolecular Hbond substituents is 1. The molecule has 0 aliphatic carbocycles. The highest BCUT2D eigenvalue weighted by Crippen LogP contribution is 2.11. The smallest absolute Gasteiger partial charge is 0.347 e. The van der Waals surface area contributed by atoms with Crippen LogP contribution in [0.15, 0.2) is 60.7 Å². The van der Waals surface area contributed by atoms with E-state index in [9.17, 15) is 4.79 Å². The molecule has 0 bridgehead atoms. The van der Waals surface area contributed by atoms with E-state index in [0.717, 1.165) is 0 Å². The number of para-hydroxylation sites is 2. The number of rotatable bonds is 4. The maximum atomic E-state index is 11.2. The van der Waals surface area contributed by atoms with Gasteiger partial charge in [0, 0.05) is 0 Å². The molecule has 0 spiro atoms. The van der Waals surface area contributed by atoms with Crippen LogP contribution in [0.1, 0.15) is 13.8 Å². The van der Waals surface area contributed by atoms with Gasteiger partial charge in [-0.15, -0.1) is 0 Å². The van der Waals surface area contributed by atoms with Gasteiger partial charge in [0.15, 0.2) is 6.10 Å². The summed E-state index contributed by atoms with van der Waals surface area (Å²) < 4.78 is 10.2. The van der Waals surface area contributed by atoms with Gasteiger partial charge in [0.25, 0.3) is 0 Å². The third kappa shape index (κ3) is 7.01. The maximum absolute atomic E-state index is 11.2. The summed E-state index contributed by atoms with van der Waals surface area (Å²) in [7, 11) is 0. The summed E-state index contributed by atoms with van der Waals surface area (Å²) in [6, 6.07) is 17.9. The van der Waals surface area contributed by atoms with Gasteiger partial charge in [-0.2, -0.15) is 0 Å². The summed E-state index contributed by atoms with van der Waals surface area (Å²) in [4.78, 5) is 11.2. The molecule has 0 fully saturated rings. The predicted octanol–water partition coefficient (Wildman–Crippen LogP) is 3.41. The lowest BCUT2D eigenvalue weighted by Crippen LogP contribution is -2.25. The fraction of sp³-hybridized carbons (Fsp3) is 0.235. The first-order valence-corrected chi connectivity index (χ1v) is 6.75. The third-order valence-electron chi connectivity index (χ3n) is 2.43. The molecule has 0 saturated carbocycles. The lowest BCUT2D eigenvalue weighted by molar-refractivity contribution is -0.150. The van der Waals surface area contributed by atoms with Crippen molar-refractivity contribution in [3.05, 3.63) is 60.7 Å². The number of hydrogen-bond donors (Lipinski definition) is 1. The van der Waals surface area contributed by atoms with Crippen LogP contribution < -0.4 is 4.74 Å². The standard InChI is InChI=1S/C11H14O3.C6H6O/c1-3-13-11(12)9(2)14-10-7-5-4-6-8-10;7-6-4-2-1-3-5-6/h4-9H,3H2,1-2H3;1-5,7H. The summed E-state index contributed by atoms with van der Waals surface area (Å²) in [5, 5.41) is 8.63. The topological polar surface area (TPSA) is 55.8 Å². The minimum absolute atomic E-state index is 0.322. The Balaban J connectivity index is 0.000000262. The fourth-order valence-corrected chi connectivity index (χ4v) is 1.44. The molecule has 0 radical (unpaired) electrons. The van der Waals surface area contributed by atoms with Crippen LogP contribution >= 0.6 is 0 Å². The van der Waals surface area contributed by atoms with E-state index in [1.165, 1.54) is 0 Å². The highest BCUT2D eigenvalue weighted by molar-refractivity contribution is 5.74. The van der Waals surface area contributed by atoms with Crippen LogP contribution in [-0.4, -0.2) is 23.8 Å². The number of aromatic hydroxyl groups is 1. The van der Waals surface area contributed by atoms with Gasteiger partial charge in [-0.1, -0.05) is 36.4 Å². The summed E-state index contributed by atoms with van der Waals surface area (Å²) in [5.41, 5.74) is 0. The summed E-state index contributed by atoms with van der Waals surface area (Å²) in [6.07, 6.45) is -0.558. The van der Waals surface area contributed by atoms with Gasteiger partial charge in [-0.25, -0.2) is 4.79 Å². The molecule has 0 saturated heterocycles. The first-order chi connectivity index (χ1) is 10.1. The van der Waals surface area contributed by atoms with Crippen LogP contribution in [0, 0.1) is 0 Å². The molecule has 1 unspecified atom stereocenters. The Morgan fingerprint density at radius 1 is 1.05 bits per heavy atom. The predicted molar refractivity (Wildman–Crippen MR) is 81.3 cm³/mol. The van der Waals surface area contributed by atoms with E-state index in [1.54, 1.807) is 50.2 Å². The third-order valence-corrected chi connectivity index (χ3v) is 2.43. The number of hydrogen-bond acceptors (Lipinski definition) is 4. The summed E-state index contributed by atoms with van der Waals surface area (Å²) in [5.74, 6) is 0.659. The summed E-state index contributed by atoms with van der Waals surface area (Å²) in [6.45, 7) is 3.82. The molecule has 0 amide bonds.